The van der Waals surface area contributed by atoms with Crippen LogP contribution in [-0.4, -0.2) is 121 Å². The second-order valence-electron chi connectivity index (χ2n) is 15.1. The smallest absolute Gasteiger partial charge is 0.311 e. The largest absolute Gasteiger partial charge is 0.488 e. The average Bonchev–Trinajstić information content (AvgIpc) is 3.29. The fourth-order valence-corrected chi connectivity index (χ4v) is 8.08. The van der Waals surface area contributed by atoms with Gasteiger partial charge < -0.3 is 54.0 Å². The van der Waals surface area contributed by atoms with Gasteiger partial charge in [-0.1, -0.05) is 13.8 Å². The molecule has 16 atom stereocenters. The van der Waals surface area contributed by atoms with Crippen molar-refractivity contribution >= 4 is 5.97 Å². The Morgan fingerprint density at radius 2 is 1.70 bits per heavy atom. The summed E-state index contributed by atoms with van der Waals surface area (Å²) in [5, 5.41) is 22.3. The van der Waals surface area contributed by atoms with Crippen molar-refractivity contribution in [1.29, 1.82) is 0 Å². The number of hydrogen-bond donors (Lipinski definition) is 3. The molecule has 4 N–H and O–H groups in total. The molecule has 0 aromatic heterocycles. The minimum absolute atomic E-state index is 0.158. The summed E-state index contributed by atoms with van der Waals surface area (Å²) in [6.45, 7) is 17.1. The van der Waals surface area contributed by atoms with Gasteiger partial charge in [-0.2, -0.15) is 0 Å². The first-order valence-electron chi connectivity index (χ1n) is 16.9. The average molecular weight is 657 g/mol. The van der Waals surface area contributed by atoms with Crippen LogP contribution in [0.4, 0.5) is 0 Å². The molecule has 46 heavy (non-hydrogen) atoms. The van der Waals surface area contributed by atoms with Crippen LogP contribution in [0, 0.1) is 17.8 Å². The first-order chi connectivity index (χ1) is 21.3. The van der Waals surface area contributed by atoms with Crippen molar-refractivity contribution in [2.75, 3.05) is 21.2 Å². The molecule has 2 bridgehead atoms. The SMILES string of the molecule is COC1(C)C[C@H](O[C@H]2[C@H](C)[C@@H](O[C@@H]3OC(C)CC(N(C)C)C3O)[C@]3(C)CC(C)=C(O3)[C@H](C)[C@H](C(C)N)OC(=O)[C@@H]2C)OC(C)[C@@H]1O. The van der Waals surface area contributed by atoms with E-state index in [1.807, 2.05) is 67.5 Å². The number of carbonyl (C=O) groups excluding carboxylic acids is 1. The Labute approximate surface area is 275 Å². The lowest BCUT2D eigenvalue weighted by atomic mass is 9.79. The molecule has 6 unspecified atom stereocenters. The lowest BCUT2D eigenvalue weighted by Crippen LogP contribution is -2.60. The van der Waals surface area contributed by atoms with Gasteiger partial charge >= 0.3 is 5.97 Å². The third-order valence-electron chi connectivity index (χ3n) is 10.9. The second-order valence-corrected chi connectivity index (χ2v) is 15.1. The van der Waals surface area contributed by atoms with E-state index in [0.29, 0.717) is 12.8 Å². The molecule has 4 rings (SSSR count). The van der Waals surface area contributed by atoms with Gasteiger partial charge in [0.2, 0.25) is 0 Å². The summed E-state index contributed by atoms with van der Waals surface area (Å²) in [4.78, 5) is 15.9. The molecule has 0 radical (unpaired) electrons. The summed E-state index contributed by atoms with van der Waals surface area (Å²) in [5.74, 6) is -1.31. The number of ether oxygens (including phenoxy) is 7. The van der Waals surface area contributed by atoms with Crippen LogP contribution in [0.3, 0.4) is 0 Å². The van der Waals surface area contributed by atoms with Crippen LogP contribution in [0.25, 0.3) is 0 Å². The molecule has 4 heterocycles. The Morgan fingerprint density at radius 3 is 2.28 bits per heavy atom. The van der Waals surface area contributed by atoms with Crippen molar-refractivity contribution in [3.63, 3.8) is 0 Å². The number of rotatable bonds is 7. The number of hydrogen-bond acceptors (Lipinski definition) is 12. The van der Waals surface area contributed by atoms with Crippen LogP contribution in [0.1, 0.15) is 81.6 Å². The normalized spacial score (nSPS) is 48.1. The zero-order valence-corrected chi connectivity index (χ0v) is 29.9. The third kappa shape index (κ3) is 7.30. The number of nitrogens with two attached hydrogens (primary N) is 1. The highest BCUT2D eigenvalue weighted by Crippen LogP contribution is 2.47. The fraction of sp³-hybridized carbons (Fsp3) is 0.912. The number of likely N-dealkylation sites (N-methyl/N-ethyl adjacent to an activating group) is 1. The van der Waals surface area contributed by atoms with Gasteiger partial charge in [-0.15, -0.1) is 0 Å². The van der Waals surface area contributed by atoms with Crippen LogP contribution in [0.5, 0.6) is 0 Å². The molecular formula is C34H60N2O10. The van der Waals surface area contributed by atoms with E-state index >= 15 is 0 Å². The Balaban J connectivity index is 1.78. The summed E-state index contributed by atoms with van der Waals surface area (Å²) in [5.41, 5.74) is 5.59. The third-order valence-corrected chi connectivity index (χ3v) is 10.9. The predicted molar refractivity (Wildman–Crippen MR) is 170 cm³/mol. The maximum absolute atomic E-state index is 13.9. The minimum Gasteiger partial charge on any atom is -0.488 e. The van der Waals surface area contributed by atoms with E-state index in [0.717, 1.165) is 11.3 Å². The van der Waals surface area contributed by atoms with E-state index in [2.05, 4.69) is 0 Å². The van der Waals surface area contributed by atoms with E-state index in [1.165, 1.54) is 0 Å². The van der Waals surface area contributed by atoms with Gasteiger partial charge in [-0.3, -0.25) is 4.79 Å². The highest BCUT2D eigenvalue weighted by molar-refractivity contribution is 5.73. The molecule has 4 aliphatic rings. The number of methoxy groups -OCH3 is 1. The Bertz CT molecular complexity index is 1100. The number of nitrogens with zero attached hydrogens (tertiary/aromatic N) is 1. The van der Waals surface area contributed by atoms with Gasteiger partial charge in [-0.05, 0) is 74.6 Å². The molecule has 3 saturated heterocycles. The molecule has 0 aromatic carbocycles. The maximum atomic E-state index is 13.9. The van der Waals surface area contributed by atoms with Gasteiger partial charge in [0.25, 0.3) is 0 Å². The quantitative estimate of drug-likeness (QED) is 0.346. The molecule has 3 fully saturated rings. The van der Waals surface area contributed by atoms with Gasteiger partial charge in [0, 0.05) is 38.0 Å². The van der Waals surface area contributed by atoms with Gasteiger partial charge in [-0.25, -0.2) is 0 Å². The van der Waals surface area contributed by atoms with Gasteiger partial charge in [0.05, 0.1) is 35.7 Å². The molecule has 12 heteroatoms. The summed E-state index contributed by atoms with van der Waals surface area (Å²) in [6.07, 6.45) is -5.00. The lowest BCUT2D eigenvalue weighted by molar-refractivity contribution is -0.316. The van der Waals surface area contributed by atoms with Crippen LogP contribution < -0.4 is 5.73 Å². The van der Waals surface area contributed by atoms with Crippen molar-refractivity contribution in [3.8, 4) is 0 Å². The van der Waals surface area contributed by atoms with E-state index in [9.17, 15) is 15.0 Å². The topological polar surface area (TPSA) is 151 Å². The molecule has 0 aliphatic carbocycles. The summed E-state index contributed by atoms with van der Waals surface area (Å²) in [6, 6.07) is -0.643. The standard InChI is InChI=1S/C34H60N2O10/c1-16-14-34(9)30(45-32-25(37)23(36(10)11)13-17(2)41-32)19(4)27(43-24-15-33(8,40-12)29(38)22(7)42-24)20(5)31(39)44-28(21(6)35)18(3)26(16)46-34/h17-25,27-30,32,37-38H,13-15,35H2,1-12H3/t17?,18-,19-,20+,21?,22?,23?,24-,25?,27-,28+,29-,30+,32-,33?,34-/m0/s1. The summed E-state index contributed by atoms with van der Waals surface area (Å²) in [7, 11) is 5.42. The zero-order chi connectivity index (χ0) is 34.5. The monoisotopic (exact) mass is 656 g/mol. The second kappa shape index (κ2) is 14.2. The van der Waals surface area contributed by atoms with Crippen LogP contribution in [0.2, 0.25) is 0 Å². The van der Waals surface area contributed by atoms with Crippen LogP contribution >= 0.6 is 0 Å². The van der Waals surface area contributed by atoms with Crippen LogP contribution in [-0.2, 0) is 38.0 Å². The molecule has 0 aromatic rings. The van der Waals surface area contributed by atoms with Crippen molar-refractivity contribution in [2.24, 2.45) is 23.5 Å². The van der Waals surface area contributed by atoms with Crippen molar-refractivity contribution in [1.82, 2.24) is 4.90 Å². The number of aliphatic hydroxyl groups is 2. The summed E-state index contributed by atoms with van der Waals surface area (Å²) < 4.78 is 44.7. The molecule has 0 spiro atoms. The van der Waals surface area contributed by atoms with Gasteiger partial charge in [0.1, 0.15) is 35.8 Å². The predicted octanol–water partition coefficient (Wildman–Crippen LogP) is 2.72. The van der Waals surface area contributed by atoms with Crippen molar-refractivity contribution < 1.29 is 48.2 Å². The summed E-state index contributed by atoms with van der Waals surface area (Å²) >= 11 is 0. The van der Waals surface area contributed by atoms with E-state index in [1.54, 1.807) is 21.0 Å². The van der Waals surface area contributed by atoms with E-state index in [-0.39, 0.29) is 24.5 Å². The van der Waals surface area contributed by atoms with E-state index in [4.69, 9.17) is 38.9 Å². The zero-order valence-electron chi connectivity index (χ0n) is 29.9. The first kappa shape index (κ1) is 37.5. The molecule has 4 aliphatic heterocycles. The van der Waals surface area contributed by atoms with E-state index < -0.39 is 84.3 Å². The fourth-order valence-electron chi connectivity index (χ4n) is 8.08. The van der Waals surface area contributed by atoms with Gasteiger partial charge in [0.15, 0.2) is 12.6 Å². The minimum atomic E-state index is -0.950. The Hall–Kier alpha value is -1.35. The number of fused-ring (bicyclic) bond motifs is 2. The number of esters is 1. The number of aliphatic hydroxyl groups excluding tert-OH is 2. The maximum Gasteiger partial charge on any atom is 0.311 e. The van der Waals surface area contributed by atoms with Crippen molar-refractivity contribution in [3.05, 3.63) is 11.3 Å². The number of carbonyl (C=O) groups is 1. The van der Waals surface area contributed by atoms with Crippen molar-refractivity contribution in [2.45, 2.75) is 160 Å². The Morgan fingerprint density at radius 1 is 1.04 bits per heavy atom. The highest BCUT2D eigenvalue weighted by atomic mass is 16.7. The lowest BCUT2D eigenvalue weighted by Gasteiger charge is -2.48. The Kier molecular flexibility index (Phi) is 11.6. The molecule has 0 saturated carbocycles. The molecular weight excluding hydrogens is 596 g/mol. The molecule has 0 amide bonds. The highest BCUT2D eigenvalue weighted by Gasteiger charge is 2.55. The number of cyclic esters (lactones) is 1. The van der Waals surface area contributed by atoms with Crippen LogP contribution in [0.15, 0.2) is 11.3 Å². The molecule has 266 valence electrons. The molecule has 12 nitrogen and oxygen atoms in total. The first-order valence-corrected chi connectivity index (χ1v) is 16.9.